The number of rotatable bonds is 6. The Labute approximate surface area is 109 Å². The molecule has 0 aliphatic carbocycles. The van der Waals surface area contributed by atoms with E-state index in [0.717, 1.165) is 31.9 Å². The summed E-state index contributed by atoms with van der Waals surface area (Å²) in [7, 11) is 0. The normalized spacial score (nSPS) is 21.7. The van der Waals surface area contributed by atoms with Gasteiger partial charge in [-0.3, -0.25) is 0 Å². The van der Waals surface area contributed by atoms with Crippen LogP contribution in [0.2, 0.25) is 0 Å². The van der Waals surface area contributed by atoms with Gasteiger partial charge in [-0.2, -0.15) is 5.10 Å². The molecule has 2 heterocycles. The van der Waals surface area contributed by atoms with Crippen molar-refractivity contribution in [2.75, 3.05) is 6.61 Å². The number of nitrogens with one attached hydrogen (secondary N) is 1. The third-order valence-corrected chi connectivity index (χ3v) is 3.34. The molecule has 0 radical (unpaired) electrons. The fourth-order valence-electron chi connectivity index (χ4n) is 2.30. The van der Waals surface area contributed by atoms with Crippen molar-refractivity contribution >= 4 is 0 Å². The molecule has 1 fully saturated rings. The van der Waals surface area contributed by atoms with Crippen LogP contribution in [0.5, 0.6) is 0 Å². The zero-order valence-electron chi connectivity index (χ0n) is 11.6. The van der Waals surface area contributed by atoms with Crippen LogP contribution < -0.4 is 5.32 Å². The molecule has 0 saturated carbocycles. The van der Waals surface area contributed by atoms with Crippen LogP contribution in [0, 0.1) is 5.92 Å². The molecular formula is C13H24N4O. The Balaban J connectivity index is 1.83. The summed E-state index contributed by atoms with van der Waals surface area (Å²) in [5, 5.41) is 7.76. The number of hydrogen-bond acceptors (Lipinski definition) is 4. The lowest BCUT2D eigenvalue weighted by atomic mass is 10.1. The number of hydrogen-bond donors (Lipinski definition) is 1. The van der Waals surface area contributed by atoms with Crippen LogP contribution in [-0.4, -0.2) is 33.5 Å². The van der Waals surface area contributed by atoms with Crippen molar-refractivity contribution in [2.24, 2.45) is 5.92 Å². The van der Waals surface area contributed by atoms with Gasteiger partial charge in [-0.05, 0) is 25.7 Å². The van der Waals surface area contributed by atoms with Gasteiger partial charge in [-0.1, -0.05) is 13.8 Å². The summed E-state index contributed by atoms with van der Waals surface area (Å²) in [5.41, 5.74) is 0. The van der Waals surface area contributed by atoms with Crippen molar-refractivity contribution in [3.63, 3.8) is 0 Å². The quantitative estimate of drug-likeness (QED) is 0.835. The van der Waals surface area contributed by atoms with Gasteiger partial charge in [0.05, 0.1) is 12.6 Å². The zero-order valence-corrected chi connectivity index (χ0v) is 11.6. The molecular weight excluding hydrogens is 228 g/mol. The Hall–Kier alpha value is -0.940. The van der Waals surface area contributed by atoms with Crippen LogP contribution in [0.1, 0.15) is 39.4 Å². The molecule has 1 saturated heterocycles. The van der Waals surface area contributed by atoms with Gasteiger partial charge in [-0.25, -0.2) is 9.67 Å². The highest BCUT2D eigenvalue weighted by Gasteiger charge is 2.22. The van der Waals surface area contributed by atoms with Gasteiger partial charge in [0.15, 0.2) is 0 Å². The summed E-state index contributed by atoms with van der Waals surface area (Å²) in [6, 6.07) is 0.372. The molecule has 1 N–H and O–H groups in total. The SMILES string of the molecule is CC(C)Cn1ncnc1CNC(C)C1CCCO1. The summed E-state index contributed by atoms with van der Waals surface area (Å²) >= 11 is 0. The van der Waals surface area contributed by atoms with E-state index >= 15 is 0 Å². The summed E-state index contributed by atoms with van der Waals surface area (Å²) < 4.78 is 7.66. The Morgan fingerprint density at radius 2 is 2.33 bits per heavy atom. The second-order valence-electron chi connectivity index (χ2n) is 5.47. The smallest absolute Gasteiger partial charge is 0.140 e. The molecule has 2 atom stereocenters. The summed E-state index contributed by atoms with van der Waals surface area (Å²) in [4.78, 5) is 4.32. The fourth-order valence-corrected chi connectivity index (χ4v) is 2.30. The van der Waals surface area contributed by atoms with Crippen LogP contribution in [0.3, 0.4) is 0 Å². The molecule has 0 amide bonds. The van der Waals surface area contributed by atoms with E-state index in [1.165, 1.54) is 6.42 Å². The number of nitrogens with zero attached hydrogens (tertiary/aromatic N) is 3. The van der Waals surface area contributed by atoms with Crippen molar-refractivity contribution < 1.29 is 4.74 Å². The van der Waals surface area contributed by atoms with Gasteiger partial charge in [0.2, 0.25) is 0 Å². The molecule has 1 aromatic heterocycles. The van der Waals surface area contributed by atoms with Gasteiger partial charge < -0.3 is 10.1 Å². The Morgan fingerprint density at radius 1 is 1.50 bits per heavy atom. The molecule has 1 aliphatic rings. The predicted molar refractivity (Wildman–Crippen MR) is 70.1 cm³/mol. The van der Waals surface area contributed by atoms with Gasteiger partial charge >= 0.3 is 0 Å². The summed E-state index contributed by atoms with van der Waals surface area (Å²) in [6.45, 7) is 9.14. The first kappa shape index (κ1) is 13.5. The molecule has 18 heavy (non-hydrogen) atoms. The largest absolute Gasteiger partial charge is 0.377 e. The molecule has 0 aromatic carbocycles. The van der Waals surface area contributed by atoms with E-state index in [1.54, 1.807) is 6.33 Å². The van der Waals surface area contributed by atoms with Crippen LogP contribution in [0.4, 0.5) is 0 Å². The number of ether oxygens (including phenoxy) is 1. The average molecular weight is 252 g/mol. The van der Waals surface area contributed by atoms with Crippen molar-refractivity contribution in [3.8, 4) is 0 Å². The first-order valence-electron chi connectivity index (χ1n) is 6.88. The average Bonchev–Trinajstić information content (AvgIpc) is 2.95. The predicted octanol–water partition coefficient (Wildman–Crippen LogP) is 1.59. The molecule has 0 bridgehead atoms. The highest BCUT2D eigenvalue weighted by Crippen LogP contribution is 2.15. The molecule has 1 aromatic rings. The molecule has 1 aliphatic heterocycles. The van der Waals surface area contributed by atoms with Crippen LogP contribution in [-0.2, 0) is 17.8 Å². The topological polar surface area (TPSA) is 52.0 Å². The van der Waals surface area contributed by atoms with E-state index in [9.17, 15) is 0 Å². The van der Waals surface area contributed by atoms with Gasteiger partial charge in [0, 0.05) is 19.2 Å². The first-order chi connectivity index (χ1) is 8.66. The Morgan fingerprint density at radius 3 is 3.00 bits per heavy atom. The van der Waals surface area contributed by atoms with E-state index < -0.39 is 0 Å². The van der Waals surface area contributed by atoms with Gasteiger partial charge in [0.1, 0.15) is 12.2 Å². The van der Waals surface area contributed by atoms with E-state index in [4.69, 9.17) is 4.74 Å². The van der Waals surface area contributed by atoms with Crippen molar-refractivity contribution in [1.29, 1.82) is 0 Å². The fraction of sp³-hybridized carbons (Fsp3) is 0.846. The lowest BCUT2D eigenvalue weighted by Gasteiger charge is -2.20. The molecule has 102 valence electrons. The maximum Gasteiger partial charge on any atom is 0.140 e. The van der Waals surface area contributed by atoms with Crippen LogP contribution in [0.15, 0.2) is 6.33 Å². The highest BCUT2D eigenvalue weighted by molar-refractivity contribution is 4.86. The van der Waals surface area contributed by atoms with Crippen molar-refractivity contribution in [2.45, 2.75) is 58.8 Å². The van der Waals surface area contributed by atoms with Gasteiger partial charge in [0.25, 0.3) is 0 Å². The summed E-state index contributed by atoms with van der Waals surface area (Å²) in [6.07, 6.45) is 4.33. The van der Waals surface area contributed by atoms with Gasteiger partial charge in [-0.15, -0.1) is 0 Å². The molecule has 0 spiro atoms. The van der Waals surface area contributed by atoms with E-state index in [0.29, 0.717) is 18.1 Å². The number of aromatic nitrogens is 3. The second-order valence-corrected chi connectivity index (χ2v) is 5.47. The minimum absolute atomic E-state index is 0.353. The Kier molecular flexibility index (Phi) is 4.72. The Bertz CT molecular complexity index is 358. The molecule has 2 unspecified atom stereocenters. The zero-order chi connectivity index (χ0) is 13.0. The standard InChI is InChI=1S/C13H24N4O/c1-10(2)8-17-13(15-9-16-17)7-14-11(3)12-5-4-6-18-12/h9-12,14H,4-8H2,1-3H3. The lowest BCUT2D eigenvalue weighted by molar-refractivity contribution is 0.0828. The molecule has 5 heteroatoms. The highest BCUT2D eigenvalue weighted by atomic mass is 16.5. The monoisotopic (exact) mass is 252 g/mol. The maximum atomic E-state index is 5.67. The van der Waals surface area contributed by atoms with Crippen LogP contribution in [0.25, 0.3) is 0 Å². The first-order valence-corrected chi connectivity index (χ1v) is 6.88. The van der Waals surface area contributed by atoms with Crippen LogP contribution >= 0.6 is 0 Å². The summed E-state index contributed by atoms with van der Waals surface area (Å²) in [5.74, 6) is 1.59. The third kappa shape index (κ3) is 3.53. The van der Waals surface area contributed by atoms with Crippen molar-refractivity contribution in [1.82, 2.24) is 20.1 Å². The third-order valence-electron chi connectivity index (χ3n) is 3.34. The molecule has 2 rings (SSSR count). The second kappa shape index (κ2) is 6.29. The van der Waals surface area contributed by atoms with E-state index in [1.807, 2.05) is 4.68 Å². The minimum atomic E-state index is 0.353. The van der Waals surface area contributed by atoms with Crippen molar-refractivity contribution in [3.05, 3.63) is 12.2 Å². The minimum Gasteiger partial charge on any atom is -0.377 e. The lowest BCUT2D eigenvalue weighted by Crippen LogP contribution is -2.37. The van der Waals surface area contributed by atoms with E-state index in [-0.39, 0.29) is 0 Å². The molecule has 5 nitrogen and oxygen atoms in total. The maximum absolute atomic E-state index is 5.67. The van der Waals surface area contributed by atoms with E-state index in [2.05, 4.69) is 36.2 Å².